The highest BCUT2D eigenvalue weighted by Crippen LogP contribution is 2.29. The predicted octanol–water partition coefficient (Wildman–Crippen LogP) is 3.11. The van der Waals surface area contributed by atoms with E-state index < -0.39 is 6.10 Å². The number of benzene rings is 1. The molecule has 1 aliphatic heterocycles. The molecule has 0 radical (unpaired) electrons. The van der Waals surface area contributed by atoms with Crippen molar-refractivity contribution in [2.75, 3.05) is 19.6 Å². The Bertz CT molecular complexity index is 644. The first-order valence-electron chi connectivity index (χ1n) is 9.06. The Morgan fingerprint density at radius 3 is 2.75 bits per heavy atom. The summed E-state index contributed by atoms with van der Waals surface area (Å²) in [4.78, 5) is 6.84. The molecular formula is C20H29N3O. The Labute approximate surface area is 145 Å². The van der Waals surface area contributed by atoms with Gasteiger partial charge in [0.15, 0.2) is 0 Å². The minimum atomic E-state index is -0.431. The van der Waals surface area contributed by atoms with Crippen LogP contribution in [-0.2, 0) is 13.5 Å². The highest BCUT2D eigenvalue weighted by molar-refractivity contribution is 5.22. The predicted molar refractivity (Wildman–Crippen MR) is 96.8 cm³/mol. The zero-order valence-electron chi connectivity index (χ0n) is 14.9. The molecule has 1 unspecified atom stereocenters. The molecule has 4 heteroatoms. The first-order chi connectivity index (χ1) is 11.6. The third-order valence-electron chi connectivity index (χ3n) is 5.22. The molecule has 1 N–H and O–H groups in total. The first-order valence-corrected chi connectivity index (χ1v) is 9.06. The number of piperidine rings is 1. The van der Waals surface area contributed by atoms with Crippen LogP contribution in [0.3, 0.4) is 0 Å². The lowest BCUT2D eigenvalue weighted by Crippen LogP contribution is -2.36. The normalized spacial score (nSPS) is 18.0. The van der Waals surface area contributed by atoms with Gasteiger partial charge in [0, 0.05) is 19.4 Å². The fraction of sp³-hybridized carbons (Fsp3) is 0.550. The van der Waals surface area contributed by atoms with E-state index in [0.717, 1.165) is 44.7 Å². The third-order valence-corrected chi connectivity index (χ3v) is 5.22. The van der Waals surface area contributed by atoms with Crippen LogP contribution < -0.4 is 0 Å². The van der Waals surface area contributed by atoms with Gasteiger partial charge in [0.05, 0.1) is 0 Å². The average Bonchev–Trinajstić information content (AvgIpc) is 3.01. The van der Waals surface area contributed by atoms with Crippen LogP contribution in [0.5, 0.6) is 0 Å². The molecule has 1 saturated heterocycles. The van der Waals surface area contributed by atoms with Crippen molar-refractivity contribution < 1.29 is 5.11 Å². The van der Waals surface area contributed by atoms with Gasteiger partial charge >= 0.3 is 0 Å². The summed E-state index contributed by atoms with van der Waals surface area (Å²) in [6.45, 7) is 5.47. The standard InChI is InChI=1S/C20H29N3O/c1-16-5-3-6-17(15-16)7-4-11-23-12-8-18(9-13-23)19(24)20-21-10-14-22(20)2/h3,5-6,10,14-15,18-19,24H,4,7-9,11-13H2,1-2H3. The summed E-state index contributed by atoms with van der Waals surface area (Å²) in [5, 5.41) is 10.6. The smallest absolute Gasteiger partial charge is 0.137 e. The van der Waals surface area contributed by atoms with Crippen molar-refractivity contribution in [1.82, 2.24) is 14.5 Å². The minimum absolute atomic E-state index is 0.333. The van der Waals surface area contributed by atoms with E-state index in [9.17, 15) is 5.11 Å². The topological polar surface area (TPSA) is 41.3 Å². The SMILES string of the molecule is Cc1cccc(CCCN2CCC(C(O)c3nccn3C)CC2)c1. The van der Waals surface area contributed by atoms with Crippen LogP contribution in [-0.4, -0.2) is 39.2 Å². The van der Waals surface area contributed by atoms with Gasteiger partial charge in [0.1, 0.15) is 11.9 Å². The molecule has 2 aromatic rings. The number of hydrogen-bond acceptors (Lipinski definition) is 3. The summed E-state index contributed by atoms with van der Waals surface area (Å²) in [6.07, 6.45) is 7.70. The van der Waals surface area contributed by atoms with Crippen molar-refractivity contribution >= 4 is 0 Å². The number of aliphatic hydroxyl groups is 1. The van der Waals surface area contributed by atoms with Crippen LogP contribution >= 0.6 is 0 Å². The van der Waals surface area contributed by atoms with Gasteiger partial charge in [-0.1, -0.05) is 29.8 Å². The monoisotopic (exact) mass is 327 g/mol. The second-order valence-electron chi connectivity index (χ2n) is 7.11. The van der Waals surface area contributed by atoms with Gasteiger partial charge in [0.2, 0.25) is 0 Å². The molecule has 1 aromatic carbocycles. The van der Waals surface area contributed by atoms with Crippen molar-refractivity contribution in [2.24, 2.45) is 13.0 Å². The number of aromatic nitrogens is 2. The van der Waals surface area contributed by atoms with E-state index in [1.54, 1.807) is 6.20 Å². The number of aliphatic hydroxyl groups excluding tert-OH is 1. The highest BCUT2D eigenvalue weighted by atomic mass is 16.3. The number of hydrogen-bond donors (Lipinski definition) is 1. The van der Waals surface area contributed by atoms with E-state index in [-0.39, 0.29) is 0 Å². The van der Waals surface area contributed by atoms with Crippen LogP contribution in [0.25, 0.3) is 0 Å². The van der Waals surface area contributed by atoms with E-state index in [2.05, 4.69) is 41.1 Å². The lowest BCUT2D eigenvalue weighted by molar-refractivity contribution is 0.0509. The Balaban J connectivity index is 1.41. The molecule has 3 rings (SSSR count). The molecule has 130 valence electrons. The quantitative estimate of drug-likeness (QED) is 0.886. The second kappa shape index (κ2) is 7.95. The number of imidazole rings is 1. The number of aryl methyl sites for hydroxylation is 3. The van der Waals surface area contributed by atoms with Gasteiger partial charge < -0.3 is 14.6 Å². The van der Waals surface area contributed by atoms with Gasteiger partial charge in [-0.25, -0.2) is 4.98 Å². The van der Waals surface area contributed by atoms with Crippen LogP contribution in [0, 0.1) is 12.8 Å². The van der Waals surface area contributed by atoms with Gasteiger partial charge in [0.25, 0.3) is 0 Å². The average molecular weight is 327 g/mol. The van der Waals surface area contributed by atoms with Gasteiger partial charge in [-0.3, -0.25) is 0 Å². The zero-order chi connectivity index (χ0) is 16.9. The molecule has 1 atom stereocenters. The van der Waals surface area contributed by atoms with E-state index in [1.165, 1.54) is 17.5 Å². The Kier molecular flexibility index (Phi) is 5.69. The summed E-state index contributed by atoms with van der Waals surface area (Å²) in [7, 11) is 1.95. The maximum Gasteiger partial charge on any atom is 0.137 e. The minimum Gasteiger partial charge on any atom is -0.385 e. The summed E-state index contributed by atoms with van der Waals surface area (Å²) in [6, 6.07) is 8.81. The van der Waals surface area contributed by atoms with Crippen LogP contribution in [0.4, 0.5) is 0 Å². The van der Waals surface area contributed by atoms with Gasteiger partial charge in [-0.15, -0.1) is 0 Å². The Hall–Kier alpha value is -1.65. The van der Waals surface area contributed by atoms with E-state index in [1.807, 2.05) is 17.8 Å². The zero-order valence-corrected chi connectivity index (χ0v) is 14.9. The molecule has 0 bridgehead atoms. The maximum atomic E-state index is 10.6. The molecule has 0 spiro atoms. The third kappa shape index (κ3) is 4.25. The number of likely N-dealkylation sites (tertiary alicyclic amines) is 1. The summed E-state index contributed by atoms with van der Waals surface area (Å²) in [5.74, 6) is 1.13. The van der Waals surface area contributed by atoms with E-state index in [4.69, 9.17) is 0 Å². The van der Waals surface area contributed by atoms with Gasteiger partial charge in [-0.05, 0) is 63.7 Å². The van der Waals surface area contributed by atoms with Crippen molar-refractivity contribution in [3.05, 3.63) is 53.6 Å². The second-order valence-corrected chi connectivity index (χ2v) is 7.11. The Morgan fingerprint density at radius 1 is 1.29 bits per heavy atom. The van der Waals surface area contributed by atoms with Crippen LogP contribution in [0.2, 0.25) is 0 Å². The van der Waals surface area contributed by atoms with Gasteiger partial charge in [-0.2, -0.15) is 0 Å². The maximum absolute atomic E-state index is 10.6. The molecule has 24 heavy (non-hydrogen) atoms. The number of nitrogens with zero attached hydrogens (tertiary/aromatic N) is 3. The van der Waals surface area contributed by atoms with Crippen molar-refractivity contribution in [3.8, 4) is 0 Å². The summed E-state index contributed by atoms with van der Waals surface area (Å²) < 4.78 is 1.93. The number of rotatable bonds is 6. The van der Waals surface area contributed by atoms with Crippen molar-refractivity contribution in [3.63, 3.8) is 0 Å². The molecule has 0 saturated carbocycles. The van der Waals surface area contributed by atoms with Crippen molar-refractivity contribution in [2.45, 2.75) is 38.7 Å². The molecule has 2 heterocycles. The molecule has 1 fully saturated rings. The summed E-state index contributed by atoms with van der Waals surface area (Å²) in [5.41, 5.74) is 2.78. The summed E-state index contributed by atoms with van der Waals surface area (Å²) >= 11 is 0. The molecule has 1 aromatic heterocycles. The van der Waals surface area contributed by atoms with Crippen molar-refractivity contribution in [1.29, 1.82) is 0 Å². The molecular weight excluding hydrogens is 298 g/mol. The fourth-order valence-electron chi connectivity index (χ4n) is 3.74. The Morgan fingerprint density at radius 2 is 2.08 bits per heavy atom. The fourth-order valence-corrected chi connectivity index (χ4v) is 3.74. The van der Waals surface area contributed by atoms with Crippen LogP contribution in [0.1, 0.15) is 42.3 Å². The molecule has 0 aliphatic carbocycles. The lowest BCUT2D eigenvalue weighted by atomic mass is 9.90. The van der Waals surface area contributed by atoms with E-state index in [0.29, 0.717) is 5.92 Å². The largest absolute Gasteiger partial charge is 0.385 e. The highest BCUT2D eigenvalue weighted by Gasteiger charge is 2.28. The lowest BCUT2D eigenvalue weighted by Gasteiger charge is -2.34. The van der Waals surface area contributed by atoms with Crippen LogP contribution in [0.15, 0.2) is 36.7 Å². The van der Waals surface area contributed by atoms with E-state index >= 15 is 0 Å². The molecule has 4 nitrogen and oxygen atoms in total. The first kappa shape index (κ1) is 17.2. The molecule has 1 aliphatic rings. The molecule has 0 amide bonds.